The fourth-order valence-corrected chi connectivity index (χ4v) is 5.42. The van der Waals surface area contributed by atoms with Crippen molar-refractivity contribution >= 4 is 27.3 Å². The molecular formula is C24H24N2O6S. The lowest BCUT2D eigenvalue weighted by Crippen LogP contribution is -2.43. The van der Waals surface area contributed by atoms with E-state index < -0.39 is 9.84 Å². The van der Waals surface area contributed by atoms with E-state index in [-0.39, 0.29) is 41.7 Å². The van der Waals surface area contributed by atoms with Gasteiger partial charge in [0.15, 0.2) is 22.2 Å². The summed E-state index contributed by atoms with van der Waals surface area (Å²) in [4.78, 5) is 26.6. The molecule has 9 heteroatoms. The lowest BCUT2D eigenvalue weighted by atomic mass is 10.1. The number of amides is 2. The Kier molecular flexibility index (Phi) is 6.79. The molecule has 1 unspecified atom stereocenters. The van der Waals surface area contributed by atoms with E-state index in [4.69, 9.17) is 9.15 Å². The number of hydrogen-bond donors (Lipinski definition) is 1. The predicted molar refractivity (Wildman–Crippen MR) is 123 cm³/mol. The van der Waals surface area contributed by atoms with Crippen molar-refractivity contribution < 1.29 is 27.2 Å². The zero-order chi connectivity index (χ0) is 23.3. The van der Waals surface area contributed by atoms with Crippen LogP contribution in [0.25, 0.3) is 0 Å². The molecule has 2 amide bonds. The number of ether oxygens (including phenoxy) is 1. The fourth-order valence-electron chi connectivity index (χ4n) is 3.69. The molecule has 0 bridgehead atoms. The zero-order valence-corrected chi connectivity index (χ0v) is 18.7. The van der Waals surface area contributed by atoms with Gasteiger partial charge in [-0.05, 0) is 48.4 Å². The van der Waals surface area contributed by atoms with Gasteiger partial charge in [-0.15, -0.1) is 0 Å². The van der Waals surface area contributed by atoms with Crippen LogP contribution in [0.4, 0.5) is 5.69 Å². The number of anilines is 1. The highest BCUT2D eigenvalue weighted by Gasteiger charge is 2.34. The van der Waals surface area contributed by atoms with Gasteiger partial charge in [0.2, 0.25) is 0 Å². The topological polar surface area (TPSA) is 106 Å². The van der Waals surface area contributed by atoms with Gasteiger partial charge in [0.25, 0.3) is 11.8 Å². The third-order valence-electron chi connectivity index (χ3n) is 5.38. The molecule has 33 heavy (non-hydrogen) atoms. The number of carbonyl (C=O) groups is 2. The van der Waals surface area contributed by atoms with Crippen LogP contribution in [0, 0.1) is 0 Å². The number of furan rings is 1. The normalized spacial score (nSPS) is 16.8. The molecule has 0 saturated carbocycles. The van der Waals surface area contributed by atoms with Gasteiger partial charge in [0, 0.05) is 18.3 Å². The number of nitrogens with zero attached hydrogens (tertiary/aromatic N) is 1. The van der Waals surface area contributed by atoms with E-state index in [1.54, 1.807) is 41.3 Å². The molecule has 1 atom stereocenters. The molecular weight excluding hydrogens is 444 g/mol. The molecule has 1 fully saturated rings. The predicted octanol–water partition coefficient (Wildman–Crippen LogP) is 3.13. The smallest absolute Gasteiger partial charge is 0.291 e. The summed E-state index contributed by atoms with van der Waals surface area (Å²) in [5.41, 5.74) is 1.48. The van der Waals surface area contributed by atoms with E-state index >= 15 is 0 Å². The van der Waals surface area contributed by atoms with E-state index in [0.717, 1.165) is 5.56 Å². The van der Waals surface area contributed by atoms with Crippen LogP contribution in [0.1, 0.15) is 22.5 Å². The van der Waals surface area contributed by atoms with E-state index in [1.807, 2.05) is 30.3 Å². The molecule has 1 N–H and O–H groups in total. The second-order valence-electron chi connectivity index (χ2n) is 7.81. The Bertz CT molecular complexity index is 1190. The molecule has 1 aromatic heterocycles. The van der Waals surface area contributed by atoms with Crippen LogP contribution >= 0.6 is 0 Å². The summed E-state index contributed by atoms with van der Waals surface area (Å²) in [6.45, 7) is 0.0997. The van der Waals surface area contributed by atoms with Gasteiger partial charge >= 0.3 is 0 Å². The third-order valence-corrected chi connectivity index (χ3v) is 7.14. The second-order valence-corrected chi connectivity index (χ2v) is 10.0. The number of rotatable bonds is 8. The van der Waals surface area contributed by atoms with Crippen molar-refractivity contribution in [2.45, 2.75) is 19.0 Å². The van der Waals surface area contributed by atoms with Gasteiger partial charge in [-0.1, -0.05) is 30.3 Å². The molecule has 0 spiro atoms. The van der Waals surface area contributed by atoms with Crippen LogP contribution in [-0.2, 0) is 21.2 Å². The van der Waals surface area contributed by atoms with Crippen molar-refractivity contribution in [1.29, 1.82) is 0 Å². The minimum absolute atomic E-state index is 0.0321. The molecule has 1 aliphatic heterocycles. The Hall–Kier alpha value is -3.59. The number of benzene rings is 2. The molecule has 1 saturated heterocycles. The van der Waals surface area contributed by atoms with Crippen LogP contribution in [-0.4, -0.2) is 49.3 Å². The second kappa shape index (κ2) is 9.91. The fraction of sp³-hybridized carbons (Fsp3) is 0.250. The first kappa shape index (κ1) is 22.6. The number of carbonyl (C=O) groups excluding carboxylic acids is 2. The van der Waals surface area contributed by atoms with Gasteiger partial charge < -0.3 is 19.4 Å². The van der Waals surface area contributed by atoms with E-state index in [9.17, 15) is 18.0 Å². The summed E-state index contributed by atoms with van der Waals surface area (Å²) < 4.78 is 34.7. The minimum Gasteiger partial charge on any atom is -0.484 e. The van der Waals surface area contributed by atoms with E-state index in [2.05, 4.69) is 5.32 Å². The van der Waals surface area contributed by atoms with Crippen LogP contribution in [0.3, 0.4) is 0 Å². The van der Waals surface area contributed by atoms with Crippen molar-refractivity contribution in [3.63, 3.8) is 0 Å². The average molecular weight is 469 g/mol. The average Bonchev–Trinajstić information content (AvgIpc) is 3.47. The number of hydrogen-bond acceptors (Lipinski definition) is 6. The van der Waals surface area contributed by atoms with Crippen LogP contribution in [0.2, 0.25) is 0 Å². The first-order valence-electron chi connectivity index (χ1n) is 10.5. The SMILES string of the molecule is O=C(Nc1ccc(OCC(=O)N(Cc2ccccc2)C2CCS(=O)(=O)C2)cc1)c1ccco1. The Morgan fingerprint density at radius 2 is 1.79 bits per heavy atom. The van der Waals surface area contributed by atoms with Gasteiger partial charge in [-0.2, -0.15) is 0 Å². The largest absolute Gasteiger partial charge is 0.484 e. The number of sulfone groups is 1. The minimum atomic E-state index is -3.14. The maximum atomic E-state index is 13.0. The van der Waals surface area contributed by atoms with Gasteiger partial charge in [-0.25, -0.2) is 8.42 Å². The molecule has 1 aliphatic rings. The van der Waals surface area contributed by atoms with E-state index in [0.29, 0.717) is 24.4 Å². The Morgan fingerprint density at radius 3 is 2.42 bits per heavy atom. The molecule has 2 heterocycles. The Labute approximate surface area is 192 Å². The summed E-state index contributed by atoms with van der Waals surface area (Å²) in [7, 11) is -3.14. The zero-order valence-electron chi connectivity index (χ0n) is 17.8. The highest BCUT2D eigenvalue weighted by atomic mass is 32.2. The maximum Gasteiger partial charge on any atom is 0.291 e. The molecule has 4 rings (SSSR count). The van der Waals surface area contributed by atoms with E-state index in [1.165, 1.54) is 6.26 Å². The summed E-state index contributed by atoms with van der Waals surface area (Å²) >= 11 is 0. The van der Waals surface area contributed by atoms with Crippen molar-refractivity contribution in [3.05, 3.63) is 84.3 Å². The lowest BCUT2D eigenvalue weighted by Gasteiger charge is -2.28. The maximum absolute atomic E-state index is 13.0. The first-order chi connectivity index (χ1) is 15.9. The number of nitrogens with one attached hydrogen (secondary N) is 1. The lowest BCUT2D eigenvalue weighted by molar-refractivity contribution is -0.136. The first-order valence-corrected chi connectivity index (χ1v) is 12.3. The molecule has 0 aliphatic carbocycles. The van der Waals surface area contributed by atoms with Crippen LogP contribution in [0.15, 0.2) is 77.4 Å². The Morgan fingerprint density at radius 1 is 1.03 bits per heavy atom. The van der Waals surface area contributed by atoms with Gasteiger partial charge in [-0.3, -0.25) is 9.59 Å². The monoisotopic (exact) mass is 468 g/mol. The molecule has 2 aromatic carbocycles. The highest BCUT2D eigenvalue weighted by Crippen LogP contribution is 2.21. The van der Waals surface area contributed by atoms with Crippen molar-refractivity contribution in [2.75, 3.05) is 23.4 Å². The molecule has 0 radical (unpaired) electrons. The summed E-state index contributed by atoms with van der Waals surface area (Å²) in [6, 6.07) is 18.9. The summed E-state index contributed by atoms with van der Waals surface area (Å²) in [5, 5.41) is 2.71. The molecule has 172 valence electrons. The summed E-state index contributed by atoms with van der Waals surface area (Å²) in [5.74, 6) is 0.0623. The highest BCUT2D eigenvalue weighted by molar-refractivity contribution is 7.91. The third kappa shape index (κ3) is 6.01. The van der Waals surface area contributed by atoms with Crippen molar-refractivity contribution in [2.24, 2.45) is 0 Å². The van der Waals surface area contributed by atoms with Gasteiger partial charge in [0.1, 0.15) is 5.75 Å². The Balaban J connectivity index is 1.38. The standard InChI is InChI=1S/C24H24N2O6S/c27-23(26(15-18-5-2-1-3-6-18)20-12-14-33(29,30)17-20)16-32-21-10-8-19(9-11-21)25-24(28)22-7-4-13-31-22/h1-11,13,20H,12,14-17H2,(H,25,28). The molecule has 3 aromatic rings. The van der Waals surface area contributed by atoms with Crippen molar-refractivity contribution in [1.82, 2.24) is 4.90 Å². The van der Waals surface area contributed by atoms with Crippen LogP contribution in [0.5, 0.6) is 5.75 Å². The van der Waals surface area contributed by atoms with Crippen molar-refractivity contribution in [3.8, 4) is 5.75 Å². The van der Waals surface area contributed by atoms with Crippen LogP contribution < -0.4 is 10.1 Å². The van der Waals surface area contributed by atoms with Gasteiger partial charge in [0.05, 0.1) is 17.8 Å². The quantitative estimate of drug-likeness (QED) is 0.545. The molecule has 8 nitrogen and oxygen atoms in total. The summed E-state index contributed by atoms with van der Waals surface area (Å²) in [6.07, 6.45) is 1.84.